The number of hydrogen-bond donors (Lipinski definition) is 1. The molecule has 3 amide bonds. The maximum Gasteiger partial charge on any atom is 0.324 e. The molecule has 2 atom stereocenters. The molecule has 1 saturated heterocycles. The number of carbonyl (C=O) groups is 2. The molecule has 1 fully saturated rings. The van der Waals surface area contributed by atoms with E-state index in [4.69, 9.17) is 0 Å². The van der Waals surface area contributed by atoms with Crippen LogP contribution in [0.25, 0.3) is 11.4 Å². The fourth-order valence-corrected chi connectivity index (χ4v) is 3.84. The summed E-state index contributed by atoms with van der Waals surface area (Å²) in [6, 6.07) is 9.77. The predicted molar refractivity (Wildman–Crippen MR) is 101 cm³/mol. The standard InChI is InChI=1S/C18H23N5O2S/c1-4-12(2)23-15(14-8-6-5-7-9-14)20-21-18(23)26-13(3)16(24)22-11-10-19-17(22)25/h5-9,12-13H,4,10-11H2,1-3H3,(H,19,25)/t12-,13+/m1/s1. The molecule has 1 aromatic carbocycles. The molecule has 1 aromatic heterocycles. The van der Waals surface area contributed by atoms with Crippen LogP contribution in [0, 0.1) is 0 Å². The lowest BCUT2D eigenvalue weighted by molar-refractivity contribution is -0.126. The van der Waals surface area contributed by atoms with Crippen LogP contribution in [-0.4, -0.2) is 49.9 Å². The smallest absolute Gasteiger partial charge is 0.324 e. The monoisotopic (exact) mass is 373 g/mol. The van der Waals surface area contributed by atoms with Crippen LogP contribution in [0.4, 0.5) is 4.79 Å². The second-order valence-corrected chi connectivity index (χ2v) is 7.59. The van der Waals surface area contributed by atoms with E-state index in [1.54, 1.807) is 6.92 Å². The molecule has 1 aliphatic rings. The quantitative estimate of drug-likeness (QED) is 0.788. The average molecular weight is 373 g/mol. The van der Waals surface area contributed by atoms with Gasteiger partial charge in [-0.15, -0.1) is 10.2 Å². The molecule has 8 heteroatoms. The van der Waals surface area contributed by atoms with E-state index in [9.17, 15) is 9.59 Å². The van der Waals surface area contributed by atoms with Crippen LogP contribution in [0.15, 0.2) is 35.5 Å². The molecular weight excluding hydrogens is 350 g/mol. The van der Waals surface area contributed by atoms with Gasteiger partial charge in [-0.1, -0.05) is 49.0 Å². The van der Waals surface area contributed by atoms with Crippen molar-refractivity contribution in [2.45, 2.75) is 43.6 Å². The van der Waals surface area contributed by atoms with Crippen LogP contribution < -0.4 is 5.32 Å². The molecule has 138 valence electrons. The van der Waals surface area contributed by atoms with Gasteiger partial charge >= 0.3 is 6.03 Å². The third-order valence-electron chi connectivity index (χ3n) is 4.48. The Morgan fingerprint density at radius 2 is 2.00 bits per heavy atom. The van der Waals surface area contributed by atoms with Crippen molar-refractivity contribution in [2.24, 2.45) is 0 Å². The van der Waals surface area contributed by atoms with E-state index >= 15 is 0 Å². The zero-order valence-electron chi connectivity index (χ0n) is 15.2. The first kappa shape index (κ1) is 18.4. The van der Waals surface area contributed by atoms with Crippen LogP contribution in [0.1, 0.15) is 33.2 Å². The first-order valence-electron chi connectivity index (χ1n) is 8.79. The maximum atomic E-state index is 12.6. The highest BCUT2D eigenvalue weighted by molar-refractivity contribution is 8.00. The van der Waals surface area contributed by atoms with Crippen LogP contribution in [0.5, 0.6) is 0 Å². The first-order chi connectivity index (χ1) is 12.5. The third-order valence-corrected chi connectivity index (χ3v) is 5.53. The topological polar surface area (TPSA) is 80.1 Å². The molecule has 1 N–H and O–H groups in total. The fraction of sp³-hybridized carbons (Fsp3) is 0.444. The molecular formula is C18H23N5O2S. The number of carbonyl (C=O) groups excluding carboxylic acids is 2. The van der Waals surface area contributed by atoms with Gasteiger partial charge in [-0.3, -0.25) is 14.3 Å². The Kier molecular flexibility index (Phi) is 5.61. The Labute approximate surface area is 157 Å². The average Bonchev–Trinajstić information content (AvgIpc) is 3.27. The van der Waals surface area contributed by atoms with Crippen molar-refractivity contribution >= 4 is 23.7 Å². The van der Waals surface area contributed by atoms with Crippen molar-refractivity contribution in [3.05, 3.63) is 30.3 Å². The molecule has 0 aliphatic carbocycles. The van der Waals surface area contributed by atoms with Crippen molar-refractivity contribution in [2.75, 3.05) is 13.1 Å². The van der Waals surface area contributed by atoms with E-state index in [0.717, 1.165) is 17.8 Å². The second-order valence-electron chi connectivity index (χ2n) is 6.28. The molecule has 3 rings (SSSR count). The SMILES string of the molecule is CC[C@@H](C)n1c(S[C@@H](C)C(=O)N2CCNC2=O)nnc1-c1ccccc1. The van der Waals surface area contributed by atoms with Crippen LogP contribution >= 0.6 is 11.8 Å². The number of benzene rings is 1. The highest BCUT2D eigenvalue weighted by Gasteiger charge is 2.31. The van der Waals surface area contributed by atoms with Gasteiger partial charge in [-0.25, -0.2) is 4.79 Å². The van der Waals surface area contributed by atoms with E-state index in [2.05, 4.69) is 33.9 Å². The van der Waals surface area contributed by atoms with E-state index in [1.807, 2.05) is 30.3 Å². The summed E-state index contributed by atoms with van der Waals surface area (Å²) in [4.78, 5) is 25.6. The lowest BCUT2D eigenvalue weighted by Crippen LogP contribution is -2.39. The fourth-order valence-electron chi connectivity index (χ4n) is 2.83. The van der Waals surface area contributed by atoms with Gasteiger partial charge in [0.1, 0.15) is 0 Å². The van der Waals surface area contributed by atoms with Gasteiger partial charge in [0.25, 0.3) is 0 Å². The first-order valence-corrected chi connectivity index (χ1v) is 9.67. The minimum Gasteiger partial charge on any atom is -0.336 e. The molecule has 0 unspecified atom stereocenters. The van der Waals surface area contributed by atoms with E-state index < -0.39 is 5.25 Å². The summed E-state index contributed by atoms with van der Waals surface area (Å²) >= 11 is 1.34. The summed E-state index contributed by atoms with van der Waals surface area (Å²) in [7, 11) is 0. The second kappa shape index (κ2) is 7.90. The van der Waals surface area contributed by atoms with Gasteiger partial charge in [-0.05, 0) is 20.3 Å². The number of imide groups is 1. The van der Waals surface area contributed by atoms with Crippen molar-refractivity contribution in [1.29, 1.82) is 0 Å². The van der Waals surface area contributed by atoms with Gasteiger partial charge in [0.05, 0.1) is 5.25 Å². The van der Waals surface area contributed by atoms with Gasteiger partial charge in [0, 0.05) is 24.7 Å². The molecule has 2 heterocycles. The normalized spacial score (nSPS) is 16.4. The Morgan fingerprint density at radius 3 is 2.62 bits per heavy atom. The summed E-state index contributed by atoms with van der Waals surface area (Å²) in [6.45, 7) is 6.94. The number of nitrogens with one attached hydrogen (secondary N) is 1. The van der Waals surface area contributed by atoms with E-state index in [-0.39, 0.29) is 18.0 Å². The Bertz CT molecular complexity index is 792. The maximum absolute atomic E-state index is 12.6. The van der Waals surface area contributed by atoms with Crippen LogP contribution in [0.2, 0.25) is 0 Å². The minimum absolute atomic E-state index is 0.195. The van der Waals surface area contributed by atoms with Gasteiger partial charge in [0.2, 0.25) is 5.91 Å². The van der Waals surface area contributed by atoms with Gasteiger partial charge in [-0.2, -0.15) is 0 Å². The van der Waals surface area contributed by atoms with Crippen LogP contribution in [0.3, 0.4) is 0 Å². The van der Waals surface area contributed by atoms with Crippen molar-refractivity contribution in [1.82, 2.24) is 25.0 Å². The molecule has 0 bridgehead atoms. The van der Waals surface area contributed by atoms with Gasteiger partial charge < -0.3 is 5.32 Å². The molecule has 0 saturated carbocycles. The summed E-state index contributed by atoms with van der Waals surface area (Å²) in [5, 5.41) is 11.6. The summed E-state index contributed by atoms with van der Waals surface area (Å²) < 4.78 is 2.08. The van der Waals surface area contributed by atoms with Crippen molar-refractivity contribution < 1.29 is 9.59 Å². The van der Waals surface area contributed by atoms with Crippen LogP contribution in [-0.2, 0) is 4.79 Å². The lowest BCUT2D eigenvalue weighted by atomic mass is 10.2. The zero-order valence-corrected chi connectivity index (χ0v) is 16.0. The highest BCUT2D eigenvalue weighted by Crippen LogP contribution is 2.31. The number of thioether (sulfide) groups is 1. The Balaban J connectivity index is 1.86. The summed E-state index contributed by atoms with van der Waals surface area (Å²) in [5.41, 5.74) is 0.991. The summed E-state index contributed by atoms with van der Waals surface area (Å²) in [5.74, 6) is 0.589. The molecule has 0 spiro atoms. The van der Waals surface area contributed by atoms with E-state index in [0.29, 0.717) is 18.2 Å². The minimum atomic E-state index is -0.422. The molecule has 1 aliphatic heterocycles. The number of aromatic nitrogens is 3. The lowest BCUT2D eigenvalue weighted by Gasteiger charge is -2.20. The number of rotatable bonds is 6. The van der Waals surface area contributed by atoms with Gasteiger partial charge in [0.15, 0.2) is 11.0 Å². The number of nitrogens with zero attached hydrogens (tertiary/aromatic N) is 4. The number of urea groups is 1. The number of hydrogen-bond acceptors (Lipinski definition) is 5. The van der Waals surface area contributed by atoms with Crippen molar-refractivity contribution in [3.8, 4) is 11.4 Å². The molecule has 2 aromatic rings. The highest BCUT2D eigenvalue weighted by atomic mass is 32.2. The Hall–Kier alpha value is -2.35. The molecule has 26 heavy (non-hydrogen) atoms. The predicted octanol–water partition coefficient (Wildman–Crippen LogP) is 2.95. The largest absolute Gasteiger partial charge is 0.336 e. The van der Waals surface area contributed by atoms with E-state index in [1.165, 1.54) is 16.7 Å². The molecule has 7 nitrogen and oxygen atoms in total. The Morgan fingerprint density at radius 1 is 1.27 bits per heavy atom. The third kappa shape index (κ3) is 3.60. The number of amides is 3. The van der Waals surface area contributed by atoms with Crippen molar-refractivity contribution in [3.63, 3.8) is 0 Å². The molecule has 0 radical (unpaired) electrons. The zero-order chi connectivity index (χ0) is 18.7. The summed E-state index contributed by atoms with van der Waals surface area (Å²) in [6.07, 6.45) is 0.919.